The number of nitrogens with one attached hydrogen (secondary N) is 1. The second-order valence-corrected chi connectivity index (χ2v) is 7.11. The molecule has 0 bridgehead atoms. The monoisotopic (exact) mass is 285 g/mol. The van der Waals surface area contributed by atoms with E-state index >= 15 is 0 Å². The molecule has 2 atom stereocenters. The van der Waals surface area contributed by atoms with Gasteiger partial charge in [0.25, 0.3) is 0 Å². The van der Waals surface area contributed by atoms with Gasteiger partial charge in [0.15, 0.2) is 0 Å². The number of hydrogen-bond acceptors (Lipinski definition) is 4. The average molecular weight is 285 g/mol. The highest BCUT2D eigenvalue weighted by Gasteiger charge is 2.17. The maximum absolute atomic E-state index is 11.9. The first-order valence-corrected chi connectivity index (χ1v) is 7.72. The summed E-state index contributed by atoms with van der Waals surface area (Å²) in [6, 6.07) is 7.00. The first-order chi connectivity index (χ1) is 8.78. The molecule has 1 aromatic carbocycles. The van der Waals surface area contributed by atoms with Crippen molar-refractivity contribution in [1.29, 1.82) is 0 Å². The van der Waals surface area contributed by atoms with Crippen molar-refractivity contribution in [1.82, 2.24) is 4.31 Å². The smallest absolute Gasteiger partial charge is 0.242 e. The molecule has 5 nitrogen and oxygen atoms in total. The number of hydrogen-bond donors (Lipinski definition) is 2. The lowest BCUT2D eigenvalue weighted by atomic mass is 10.0. The Morgan fingerprint density at radius 1 is 1.21 bits per heavy atom. The second-order valence-electron chi connectivity index (χ2n) is 4.96. The zero-order valence-electron chi connectivity index (χ0n) is 11.9. The summed E-state index contributed by atoms with van der Waals surface area (Å²) in [5.74, 6) is 0.352. The van der Waals surface area contributed by atoms with E-state index in [1.54, 1.807) is 24.3 Å². The molecular formula is C13H23N3O2S. The lowest BCUT2D eigenvalue weighted by Crippen LogP contribution is -2.29. The van der Waals surface area contributed by atoms with Crippen LogP contribution in [-0.4, -0.2) is 39.4 Å². The summed E-state index contributed by atoms with van der Waals surface area (Å²) in [7, 11) is -0.317. The molecule has 19 heavy (non-hydrogen) atoms. The summed E-state index contributed by atoms with van der Waals surface area (Å²) in [5, 5.41) is 3.31. The molecule has 3 N–H and O–H groups in total. The maximum Gasteiger partial charge on any atom is 0.242 e. The van der Waals surface area contributed by atoms with Crippen LogP contribution in [0.2, 0.25) is 0 Å². The molecule has 0 saturated heterocycles. The molecule has 0 aromatic heterocycles. The van der Waals surface area contributed by atoms with Crippen molar-refractivity contribution < 1.29 is 8.42 Å². The molecular weight excluding hydrogens is 262 g/mol. The van der Waals surface area contributed by atoms with E-state index in [4.69, 9.17) is 5.73 Å². The molecule has 0 saturated carbocycles. The molecule has 0 radical (unpaired) electrons. The Kier molecular flexibility index (Phi) is 5.34. The standard InChI is InChI=1S/C13H23N3O2S/c1-10(9-14)11(2)15-12-5-7-13(8-6-12)19(17,18)16(3)4/h5-8,10-11,15H,9,14H2,1-4H3. The van der Waals surface area contributed by atoms with Crippen molar-refractivity contribution in [2.45, 2.75) is 24.8 Å². The Labute approximate surface area is 115 Å². The summed E-state index contributed by atoms with van der Waals surface area (Å²) in [5.41, 5.74) is 6.51. The second kappa shape index (κ2) is 6.36. The highest BCUT2D eigenvalue weighted by Crippen LogP contribution is 2.18. The number of nitrogens with zero attached hydrogens (tertiary/aromatic N) is 1. The fourth-order valence-corrected chi connectivity index (χ4v) is 2.44. The predicted octanol–water partition coefficient (Wildman–Crippen LogP) is 1.33. The van der Waals surface area contributed by atoms with Crippen LogP contribution in [-0.2, 0) is 10.0 Å². The fraction of sp³-hybridized carbons (Fsp3) is 0.538. The third-order valence-electron chi connectivity index (χ3n) is 3.25. The van der Waals surface area contributed by atoms with Crippen molar-refractivity contribution in [3.8, 4) is 0 Å². The zero-order valence-corrected chi connectivity index (χ0v) is 12.7. The molecule has 2 unspecified atom stereocenters. The maximum atomic E-state index is 11.9. The van der Waals surface area contributed by atoms with Gasteiger partial charge in [-0.05, 0) is 43.7 Å². The molecule has 1 rings (SSSR count). The van der Waals surface area contributed by atoms with E-state index in [-0.39, 0.29) is 6.04 Å². The van der Waals surface area contributed by atoms with Crippen molar-refractivity contribution >= 4 is 15.7 Å². The van der Waals surface area contributed by atoms with Gasteiger partial charge >= 0.3 is 0 Å². The van der Waals surface area contributed by atoms with E-state index in [0.717, 1.165) is 5.69 Å². The predicted molar refractivity (Wildman–Crippen MR) is 78.6 cm³/mol. The summed E-state index contributed by atoms with van der Waals surface area (Å²) < 4.78 is 25.0. The van der Waals surface area contributed by atoms with E-state index in [1.165, 1.54) is 18.4 Å². The molecule has 1 aromatic rings. The van der Waals surface area contributed by atoms with Gasteiger partial charge in [-0.25, -0.2) is 12.7 Å². The largest absolute Gasteiger partial charge is 0.382 e. The lowest BCUT2D eigenvalue weighted by Gasteiger charge is -2.21. The first kappa shape index (κ1) is 15.9. The normalized spacial score (nSPS) is 15.3. The third kappa shape index (κ3) is 3.92. The minimum Gasteiger partial charge on any atom is -0.382 e. The van der Waals surface area contributed by atoms with Gasteiger partial charge in [0.05, 0.1) is 4.90 Å². The van der Waals surface area contributed by atoms with Crippen molar-refractivity contribution in [2.24, 2.45) is 11.7 Å². The molecule has 108 valence electrons. The van der Waals surface area contributed by atoms with Gasteiger partial charge in [0, 0.05) is 25.8 Å². The summed E-state index contributed by atoms with van der Waals surface area (Å²) in [4.78, 5) is 0.294. The van der Waals surface area contributed by atoms with Crippen LogP contribution in [0.5, 0.6) is 0 Å². The van der Waals surface area contributed by atoms with Gasteiger partial charge in [0.1, 0.15) is 0 Å². The van der Waals surface area contributed by atoms with E-state index in [1.807, 2.05) is 0 Å². The molecule has 0 aliphatic heterocycles. The van der Waals surface area contributed by atoms with Gasteiger partial charge in [-0.15, -0.1) is 0 Å². The first-order valence-electron chi connectivity index (χ1n) is 6.28. The fourth-order valence-electron chi connectivity index (χ4n) is 1.54. The van der Waals surface area contributed by atoms with Gasteiger partial charge in [-0.1, -0.05) is 6.92 Å². The van der Waals surface area contributed by atoms with E-state index < -0.39 is 10.0 Å². The van der Waals surface area contributed by atoms with Gasteiger partial charge in [-0.2, -0.15) is 0 Å². The summed E-state index contributed by atoms with van der Waals surface area (Å²) in [6.45, 7) is 4.74. The minimum atomic E-state index is -3.36. The van der Waals surface area contributed by atoms with Crippen LogP contribution in [0.25, 0.3) is 0 Å². The van der Waals surface area contributed by atoms with Gasteiger partial charge < -0.3 is 11.1 Å². The van der Waals surface area contributed by atoms with Crippen molar-refractivity contribution in [2.75, 3.05) is 26.0 Å². The van der Waals surface area contributed by atoms with Gasteiger partial charge in [0.2, 0.25) is 10.0 Å². The highest BCUT2D eigenvalue weighted by molar-refractivity contribution is 7.89. The Morgan fingerprint density at radius 2 is 1.74 bits per heavy atom. The molecule has 0 aliphatic rings. The molecule has 6 heteroatoms. The van der Waals surface area contributed by atoms with Gasteiger partial charge in [-0.3, -0.25) is 0 Å². The molecule has 0 heterocycles. The van der Waals surface area contributed by atoms with Crippen LogP contribution in [0.1, 0.15) is 13.8 Å². The minimum absolute atomic E-state index is 0.237. The number of nitrogens with two attached hydrogens (primary N) is 1. The Morgan fingerprint density at radius 3 is 2.16 bits per heavy atom. The lowest BCUT2D eigenvalue weighted by molar-refractivity contribution is 0.520. The van der Waals surface area contributed by atoms with E-state index in [2.05, 4.69) is 19.2 Å². The number of rotatable bonds is 6. The van der Waals surface area contributed by atoms with Crippen molar-refractivity contribution in [3.05, 3.63) is 24.3 Å². The summed E-state index contributed by atoms with van der Waals surface area (Å²) >= 11 is 0. The van der Waals surface area contributed by atoms with Crippen LogP contribution in [0, 0.1) is 5.92 Å². The van der Waals surface area contributed by atoms with Crippen LogP contribution in [0.15, 0.2) is 29.2 Å². The quantitative estimate of drug-likeness (QED) is 0.827. The number of benzene rings is 1. The van der Waals surface area contributed by atoms with Crippen LogP contribution in [0.4, 0.5) is 5.69 Å². The third-order valence-corrected chi connectivity index (χ3v) is 5.08. The van der Waals surface area contributed by atoms with Crippen molar-refractivity contribution in [3.63, 3.8) is 0 Å². The summed E-state index contributed by atoms with van der Waals surface area (Å²) in [6.07, 6.45) is 0. The van der Waals surface area contributed by atoms with Crippen LogP contribution >= 0.6 is 0 Å². The highest BCUT2D eigenvalue weighted by atomic mass is 32.2. The number of anilines is 1. The topological polar surface area (TPSA) is 75.4 Å². The Bertz CT molecular complexity index is 497. The molecule has 0 fully saturated rings. The number of sulfonamides is 1. The zero-order chi connectivity index (χ0) is 14.6. The molecule has 0 spiro atoms. The molecule has 0 amide bonds. The Hall–Kier alpha value is -1.11. The van der Waals surface area contributed by atoms with Crippen LogP contribution in [0.3, 0.4) is 0 Å². The molecule has 0 aliphatic carbocycles. The average Bonchev–Trinajstić information content (AvgIpc) is 2.38. The van der Waals surface area contributed by atoms with E-state index in [9.17, 15) is 8.42 Å². The SMILES string of the molecule is CC(CN)C(C)Nc1ccc(S(=O)(=O)N(C)C)cc1. The van der Waals surface area contributed by atoms with Crippen LogP contribution < -0.4 is 11.1 Å². The van der Waals surface area contributed by atoms with E-state index in [0.29, 0.717) is 17.4 Å². The Balaban J connectivity index is 2.83.